The van der Waals surface area contributed by atoms with Crippen LogP contribution in [0.5, 0.6) is 0 Å². The van der Waals surface area contributed by atoms with E-state index in [1.165, 1.54) is 18.2 Å². The van der Waals surface area contributed by atoms with Crippen molar-refractivity contribution < 1.29 is 9.31 Å². The summed E-state index contributed by atoms with van der Waals surface area (Å²) in [6.07, 6.45) is 0. The van der Waals surface area contributed by atoms with E-state index in [1.54, 1.807) is 30.3 Å². The lowest BCUT2D eigenvalue weighted by Gasteiger charge is -2.37. The topological polar surface area (TPSA) is 75.4 Å². The van der Waals surface area contributed by atoms with E-state index in [1.807, 2.05) is 24.3 Å². The normalized spacial score (nSPS) is 14.0. The van der Waals surface area contributed by atoms with Gasteiger partial charge in [-0.2, -0.15) is 0 Å². The van der Waals surface area contributed by atoms with Crippen molar-refractivity contribution in [1.29, 1.82) is 0 Å². The Morgan fingerprint density at radius 3 is 2.19 bits per heavy atom. The van der Waals surface area contributed by atoms with Crippen molar-refractivity contribution >= 4 is 28.1 Å². The fourth-order valence-electron chi connectivity index (χ4n) is 4.03. The second-order valence-electron chi connectivity index (χ2n) is 7.62. The molecule has 5 rings (SSSR count). The van der Waals surface area contributed by atoms with Crippen LogP contribution in [0, 0.1) is 15.9 Å². The number of benzene rings is 3. The number of hydrogen-bond acceptors (Lipinski definition) is 6. The minimum Gasteiger partial charge on any atom is -0.368 e. The number of aromatic nitrogens is 2. The van der Waals surface area contributed by atoms with Gasteiger partial charge in [0, 0.05) is 49.4 Å². The van der Waals surface area contributed by atoms with Crippen LogP contribution in [-0.4, -0.2) is 41.1 Å². The van der Waals surface area contributed by atoms with E-state index in [0.717, 1.165) is 35.5 Å². The van der Waals surface area contributed by atoms with Crippen LogP contribution in [0.3, 0.4) is 0 Å². The van der Waals surface area contributed by atoms with Crippen LogP contribution in [0.25, 0.3) is 22.3 Å². The molecule has 1 saturated heterocycles. The molecule has 0 bridgehead atoms. The molecular formula is C24H20FN5O2. The van der Waals surface area contributed by atoms with E-state index in [9.17, 15) is 14.5 Å². The standard InChI is InChI=1S/C24H20FN5O2/c25-21-7-3-1-5-19(21)23-26-22-8-4-2-6-20(22)24(27-23)29-15-13-28(14-16-29)17-9-11-18(12-10-17)30(31)32/h1-12H,13-16H2. The van der Waals surface area contributed by atoms with Crippen molar-refractivity contribution in [2.75, 3.05) is 36.0 Å². The van der Waals surface area contributed by atoms with Gasteiger partial charge in [-0.1, -0.05) is 24.3 Å². The Hall–Kier alpha value is -4.07. The van der Waals surface area contributed by atoms with Crippen molar-refractivity contribution in [2.24, 2.45) is 0 Å². The molecule has 1 fully saturated rings. The van der Waals surface area contributed by atoms with Gasteiger partial charge in [-0.25, -0.2) is 14.4 Å². The third-order valence-electron chi connectivity index (χ3n) is 5.70. The van der Waals surface area contributed by atoms with Crippen LogP contribution in [0.2, 0.25) is 0 Å². The molecule has 0 spiro atoms. The van der Waals surface area contributed by atoms with Gasteiger partial charge in [-0.3, -0.25) is 10.1 Å². The lowest BCUT2D eigenvalue weighted by molar-refractivity contribution is -0.384. The van der Waals surface area contributed by atoms with Crippen LogP contribution in [0.4, 0.5) is 21.6 Å². The van der Waals surface area contributed by atoms with Gasteiger partial charge in [0.1, 0.15) is 11.6 Å². The Kier molecular flexibility index (Phi) is 5.10. The molecule has 0 unspecified atom stereocenters. The van der Waals surface area contributed by atoms with Gasteiger partial charge in [0.25, 0.3) is 5.69 Å². The van der Waals surface area contributed by atoms with Gasteiger partial charge in [-0.05, 0) is 36.4 Å². The lowest BCUT2D eigenvalue weighted by Crippen LogP contribution is -2.47. The zero-order valence-corrected chi connectivity index (χ0v) is 17.2. The van der Waals surface area contributed by atoms with E-state index >= 15 is 0 Å². The average Bonchev–Trinajstić information content (AvgIpc) is 2.84. The van der Waals surface area contributed by atoms with E-state index in [-0.39, 0.29) is 11.5 Å². The van der Waals surface area contributed by atoms with Crippen molar-refractivity contribution in [3.05, 3.63) is 88.7 Å². The first-order valence-electron chi connectivity index (χ1n) is 10.4. The molecule has 1 aliphatic heterocycles. The largest absolute Gasteiger partial charge is 0.368 e. The summed E-state index contributed by atoms with van der Waals surface area (Å²) in [5.41, 5.74) is 2.19. The highest BCUT2D eigenvalue weighted by Gasteiger charge is 2.22. The molecular weight excluding hydrogens is 409 g/mol. The summed E-state index contributed by atoms with van der Waals surface area (Å²) >= 11 is 0. The summed E-state index contributed by atoms with van der Waals surface area (Å²) in [7, 11) is 0. The molecule has 0 aliphatic carbocycles. The van der Waals surface area contributed by atoms with Crippen molar-refractivity contribution in [1.82, 2.24) is 9.97 Å². The van der Waals surface area contributed by atoms with Gasteiger partial charge in [0.05, 0.1) is 16.0 Å². The molecule has 0 radical (unpaired) electrons. The number of halogens is 1. The minimum absolute atomic E-state index is 0.0838. The summed E-state index contributed by atoms with van der Waals surface area (Å²) in [5.74, 6) is 0.809. The van der Waals surface area contributed by atoms with Crippen LogP contribution in [0.15, 0.2) is 72.8 Å². The SMILES string of the molecule is O=[N+]([O-])c1ccc(N2CCN(c3nc(-c4ccccc4F)nc4ccccc34)CC2)cc1. The number of rotatable bonds is 4. The molecule has 1 aliphatic rings. The zero-order valence-electron chi connectivity index (χ0n) is 17.2. The summed E-state index contributed by atoms with van der Waals surface area (Å²) < 4.78 is 14.4. The van der Waals surface area contributed by atoms with Crippen molar-refractivity contribution in [3.8, 4) is 11.4 Å². The monoisotopic (exact) mass is 429 g/mol. The summed E-state index contributed by atoms with van der Waals surface area (Å²) in [6, 6.07) is 20.9. The van der Waals surface area contributed by atoms with Gasteiger partial charge < -0.3 is 9.80 Å². The number of nitro benzene ring substituents is 1. The van der Waals surface area contributed by atoms with E-state index in [0.29, 0.717) is 24.5 Å². The summed E-state index contributed by atoms with van der Waals surface area (Å²) in [5, 5.41) is 11.8. The summed E-state index contributed by atoms with van der Waals surface area (Å²) in [4.78, 5) is 24.3. The molecule has 1 aromatic heterocycles. The van der Waals surface area contributed by atoms with Crippen LogP contribution in [-0.2, 0) is 0 Å². The first kappa shape index (κ1) is 19.9. The fraction of sp³-hybridized carbons (Fsp3) is 0.167. The molecule has 32 heavy (non-hydrogen) atoms. The maximum absolute atomic E-state index is 14.4. The molecule has 0 atom stereocenters. The third-order valence-corrected chi connectivity index (χ3v) is 5.70. The zero-order chi connectivity index (χ0) is 22.1. The Bertz CT molecular complexity index is 1290. The quantitative estimate of drug-likeness (QED) is 0.347. The van der Waals surface area contributed by atoms with Crippen LogP contribution in [0.1, 0.15) is 0 Å². The van der Waals surface area contributed by atoms with E-state index in [2.05, 4.69) is 14.8 Å². The van der Waals surface area contributed by atoms with Crippen LogP contribution >= 0.6 is 0 Å². The van der Waals surface area contributed by atoms with Gasteiger partial charge in [0.15, 0.2) is 5.82 Å². The molecule has 4 aromatic rings. The third kappa shape index (κ3) is 3.71. The number of fused-ring (bicyclic) bond motifs is 1. The highest BCUT2D eigenvalue weighted by atomic mass is 19.1. The molecule has 0 N–H and O–H groups in total. The van der Waals surface area contributed by atoms with E-state index in [4.69, 9.17) is 4.98 Å². The molecule has 7 nitrogen and oxygen atoms in total. The van der Waals surface area contributed by atoms with Gasteiger partial charge in [0.2, 0.25) is 0 Å². The number of non-ortho nitro benzene ring substituents is 1. The first-order chi connectivity index (χ1) is 15.6. The average molecular weight is 429 g/mol. The second kappa shape index (κ2) is 8.22. The highest BCUT2D eigenvalue weighted by molar-refractivity contribution is 5.91. The molecule has 3 aromatic carbocycles. The number of nitrogens with zero attached hydrogens (tertiary/aromatic N) is 5. The second-order valence-corrected chi connectivity index (χ2v) is 7.62. The Morgan fingerprint density at radius 2 is 1.47 bits per heavy atom. The number of hydrogen-bond donors (Lipinski definition) is 0. The maximum Gasteiger partial charge on any atom is 0.269 e. The lowest BCUT2D eigenvalue weighted by atomic mass is 10.1. The molecule has 0 saturated carbocycles. The number of anilines is 2. The molecule has 0 amide bonds. The predicted molar refractivity (Wildman–Crippen MR) is 122 cm³/mol. The van der Waals surface area contributed by atoms with Crippen molar-refractivity contribution in [3.63, 3.8) is 0 Å². The molecule has 8 heteroatoms. The van der Waals surface area contributed by atoms with E-state index < -0.39 is 4.92 Å². The number of para-hydroxylation sites is 1. The maximum atomic E-state index is 14.4. The minimum atomic E-state index is -0.394. The van der Waals surface area contributed by atoms with Crippen molar-refractivity contribution in [2.45, 2.75) is 0 Å². The summed E-state index contributed by atoms with van der Waals surface area (Å²) in [6.45, 7) is 2.92. The smallest absolute Gasteiger partial charge is 0.269 e. The molecule has 2 heterocycles. The predicted octanol–water partition coefficient (Wildman–Crippen LogP) is 4.67. The highest BCUT2D eigenvalue weighted by Crippen LogP contribution is 2.30. The number of piperazine rings is 1. The Balaban J connectivity index is 1.44. The Labute approximate surface area is 183 Å². The van der Waals surface area contributed by atoms with Crippen LogP contribution < -0.4 is 9.80 Å². The first-order valence-corrected chi connectivity index (χ1v) is 10.4. The molecule has 160 valence electrons. The van der Waals surface area contributed by atoms with Gasteiger partial charge >= 0.3 is 0 Å². The Morgan fingerprint density at radius 1 is 0.812 bits per heavy atom. The number of nitro groups is 1. The fourth-order valence-corrected chi connectivity index (χ4v) is 4.03. The van der Waals surface area contributed by atoms with Gasteiger partial charge in [-0.15, -0.1) is 0 Å².